The lowest BCUT2D eigenvalue weighted by atomic mass is 10.3. The summed E-state index contributed by atoms with van der Waals surface area (Å²) in [5.74, 6) is 0. The summed E-state index contributed by atoms with van der Waals surface area (Å²) in [5.41, 5.74) is 9.39. The quantitative estimate of drug-likeness (QED) is 0.462. The van der Waals surface area contributed by atoms with Crippen LogP contribution in [0, 0.1) is 0 Å². The summed E-state index contributed by atoms with van der Waals surface area (Å²) in [6.45, 7) is 2.21. The Morgan fingerprint density at radius 2 is 2.50 bits per heavy atom. The maximum atomic E-state index is 8.11. The molecule has 1 rings (SSSR count). The van der Waals surface area contributed by atoms with Crippen molar-refractivity contribution in [2.45, 2.75) is 6.54 Å². The van der Waals surface area contributed by atoms with Gasteiger partial charge in [0.2, 0.25) is 0 Å². The fourth-order valence-electron chi connectivity index (χ4n) is 1.08. The standard InChI is InChI=1S/C8H11BrN4S/c1-13(3-2-11-12-10)5-7-4-8(9)14-6-7/h4,6H,2-3,5H2,1H3. The number of nitrogens with zero attached hydrogens (tertiary/aromatic N) is 4. The van der Waals surface area contributed by atoms with Gasteiger partial charge in [0.25, 0.3) is 0 Å². The number of azide groups is 1. The van der Waals surface area contributed by atoms with Gasteiger partial charge in [-0.15, -0.1) is 11.3 Å². The van der Waals surface area contributed by atoms with Crippen LogP contribution in [0.1, 0.15) is 5.56 Å². The second kappa shape index (κ2) is 6.03. The van der Waals surface area contributed by atoms with E-state index in [9.17, 15) is 0 Å². The average molecular weight is 275 g/mol. The largest absolute Gasteiger partial charge is 0.302 e. The van der Waals surface area contributed by atoms with Gasteiger partial charge in [0.05, 0.1) is 3.79 Å². The monoisotopic (exact) mass is 274 g/mol. The van der Waals surface area contributed by atoms with Gasteiger partial charge in [-0.2, -0.15) is 0 Å². The zero-order chi connectivity index (χ0) is 10.4. The molecule has 0 aliphatic heterocycles. The van der Waals surface area contributed by atoms with Crippen LogP contribution in [0.4, 0.5) is 0 Å². The van der Waals surface area contributed by atoms with Crippen LogP contribution in [-0.4, -0.2) is 25.0 Å². The molecule has 0 saturated carbocycles. The van der Waals surface area contributed by atoms with Crippen LogP contribution in [0.25, 0.3) is 10.4 Å². The normalized spacial score (nSPS) is 10.2. The Bertz CT molecular complexity index is 332. The Hall–Kier alpha value is -0.550. The molecule has 0 atom stereocenters. The van der Waals surface area contributed by atoms with E-state index in [1.54, 1.807) is 11.3 Å². The van der Waals surface area contributed by atoms with Crippen molar-refractivity contribution in [3.8, 4) is 0 Å². The smallest absolute Gasteiger partial charge is 0.0701 e. The molecule has 14 heavy (non-hydrogen) atoms. The van der Waals surface area contributed by atoms with Gasteiger partial charge in [-0.05, 0) is 45.5 Å². The first kappa shape index (κ1) is 11.5. The molecule has 4 nitrogen and oxygen atoms in total. The van der Waals surface area contributed by atoms with Crippen LogP contribution in [0.5, 0.6) is 0 Å². The fraction of sp³-hybridized carbons (Fsp3) is 0.500. The summed E-state index contributed by atoms with van der Waals surface area (Å²) in [7, 11) is 2.01. The summed E-state index contributed by atoms with van der Waals surface area (Å²) in [6.07, 6.45) is 0. The predicted octanol–water partition coefficient (Wildman–Crippen LogP) is 3.25. The third-order valence-corrected chi connectivity index (χ3v) is 3.27. The Morgan fingerprint density at radius 1 is 1.71 bits per heavy atom. The number of hydrogen-bond acceptors (Lipinski definition) is 3. The highest BCUT2D eigenvalue weighted by molar-refractivity contribution is 9.11. The summed E-state index contributed by atoms with van der Waals surface area (Å²) in [4.78, 5) is 4.84. The number of hydrogen-bond donors (Lipinski definition) is 0. The van der Waals surface area contributed by atoms with E-state index < -0.39 is 0 Å². The molecule has 0 saturated heterocycles. The predicted molar refractivity (Wildman–Crippen MR) is 62.4 cm³/mol. The maximum Gasteiger partial charge on any atom is 0.0701 e. The van der Waals surface area contributed by atoms with Gasteiger partial charge in [0.15, 0.2) is 0 Å². The van der Waals surface area contributed by atoms with Gasteiger partial charge in [-0.3, -0.25) is 0 Å². The number of halogens is 1. The van der Waals surface area contributed by atoms with E-state index in [1.807, 2.05) is 7.05 Å². The van der Waals surface area contributed by atoms with Crippen LogP contribution in [0.15, 0.2) is 20.3 Å². The van der Waals surface area contributed by atoms with Gasteiger partial charge in [-0.25, -0.2) is 0 Å². The molecule has 0 radical (unpaired) electrons. The van der Waals surface area contributed by atoms with E-state index >= 15 is 0 Å². The number of rotatable bonds is 5. The highest BCUT2D eigenvalue weighted by atomic mass is 79.9. The molecule has 1 heterocycles. The minimum atomic E-state index is 0.526. The van der Waals surface area contributed by atoms with Crippen molar-refractivity contribution in [2.75, 3.05) is 20.1 Å². The molecule has 0 unspecified atom stereocenters. The molecule has 0 amide bonds. The SMILES string of the molecule is CN(CCN=[N+]=[N-])Cc1csc(Br)c1. The summed E-state index contributed by atoms with van der Waals surface area (Å²) in [6, 6.07) is 2.11. The Labute approximate surface area is 95.3 Å². The van der Waals surface area contributed by atoms with Gasteiger partial charge >= 0.3 is 0 Å². The summed E-state index contributed by atoms with van der Waals surface area (Å²) < 4.78 is 1.15. The van der Waals surface area contributed by atoms with E-state index in [4.69, 9.17) is 5.53 Å². The number of thiophene rings is 1. The van der Waals surface area contributed by atoms with Gasteiger partial charge < -0.3 is 4.90 Å². The van der Waals surface area contributed by atoms with Crippen LogP contribution in [0.2, 0.25) is 0 Å². The second-order valence-corrected chi connectivity index (χ2v) is 5.24. The van der Waals surface area contributed by atoms with Crippen molar-refractivity contribution in [1.82, 2.24) is 4.90 Å². The van der Waals surface area contributed by atoms with Crippen molar-refractivity contribution >= 4 is 27.3 Å². The Kier molecular flexibility index (Phi) is 4.97. The van der Waals surface area contributed by atoms with Crippen molar-refractivity contribution in [3.63, 3.8) is 0 Å². The maximum absolute atomic E-state index is 8.11. The lowest BCUT2D eigenvalue weighted by Crippen LogP contribution is -2.20. The lowest BCUT2D eigenvalue weighted by molar-refractivity contribution is 0.336. The molecule has 1 aromatic heterocycles. The minimum absolute atomic E-state index is 0.526. The van der Waals surface area contributed by atoms with E-state index in [0.717, 1.165) is 16.9 Å². The third-order valence-electron chi connectivity index (χ3n) is 1.72. The third kappa shape index (κ3) is 4.11. The summed E-state index contributed by atoms with van der Waals surface area (Å²) in [5, 5.41) is 5.61. The van der Waals surface area contributed by atoms with Gasteiger partial charge in [0, 0.05) is 24.5 Å². The zero-order valence-electron chi connectivity index (χ0n) is 7.85. The molecule has 0 N–H and O–H groups in total. The molecule has 76 valence electrons. The summed E-state index contributed by atoms with van der Waals surface area (Å²) >= 11 is 5.10. The number of likely N-dealkylation sites (N-methyl/N-ethyl adjacent to an activating group) is 1. The molecule has 1 aromatic rings. The van der Waals surface area contributed by atoms with Crippen molar-refractivity contribution < 1.29 is 0 Å². The first-order chi connectivity index (χ1) is 6.72. The van der Waals surface area contributed by atoms with Crippen LogP contribution < -0.4 is 0 Å². The average Bonchev–Trinajstić information content (AvgIpc) is 2.52. The van der Waals surface area contributed by atoms with Gasteiger partial charge in [-0.1, -0.05) is 5.11 Å². The first-order valence-corrected chi connectivity index (χ1v) is 5.82. The van der Waals surface area contributed by atoms with E-state index in [2.05, 4.69) is 42.3 Å². The Balaban J connectivity index is 2.33. The topological polar surface area (TPSA) is 52.0 Å². The van der Waals surface area contributed by atoms with E-state index in [0.29, 0.717) is 6.54 Å². The van der Waals surface area contributed by atoms with Crippen LogP contribution >= 0.6 is 27.3 Å². The molecule has 0 bridgehead atoms. The molecular formula is C8H11BrN4S. The molecule has 0 aliphatic carbocycles. The minimum Gasteiger partial charge on any atom is -0.302 e. The first-order valence-electron chi connectivity index (χ1n) is 4.14. The van der Waals surface area contributed by atoms with Crippen molar-refractivity contribution in [3.05, 3.63) is 31.2 Å². The van der Waals surface area contributed by atoms with Crippen LogP contribution in [0.3, 0.4) is 0 Å². The van der Waals surface area contributed by atoms with E-state index in [1.165, 1.54) is 5.56 Å². The molecular weight excluding hydrogens is 264 g/mol. The highest BCUT2D eigenvalue weighted by Crippen LogP contribution is 2.21. The van der Waals surface area contributed by atoms with Gasteiger partial charge in [0.1, 0.15) is 0 Å². The van der Waals surface area contributed by atoms with E-state index in [-0.39, 0.29) is 0 Å². The van der Waals surface area contributed by atoms with Crippen molar-refractivity contribution in [2.24, 2.45) is 5.11 Å². The zero-order valence-corrected chi connectivity index (χ0v) is 10.3. The highest BCUT2D eigenvalue weighted by Gasteiger charge is 2.01. The van der Waals surface area contributed by atoms with Crippen LogP contribution in [-0.2, 0) is 6.54 Å². The molecule has 0 fully saturated rings. The molecule has 0 aliphatic rings. The fourth-order valence-corrected chi connectivity index (χ4v) is 2.28. The molecule has 6 heteroatoms. The lowest BCUT2D eigenvalue weighted by Gasteiger charge is -2.13. The molecule has 0 spiro atoms. The molecule has 0 aromatic carbocycles. The second-order valence-electron chi connectivity index (χ2n) is 2.95. The van der Waals surface area contributed by atoms with Crippen molar-refractivity contribution in [1.29, 1.82) is 0 Å². The Morgan fingerprint density at radius 3 is 3.07 bits per heavy atom.